The molecule has 0 amide bonds. The maximum Gasteiger partial charge on any atom is 0.335 e. The van der Waals surface area contributed by atoms with E-state index < -0.39 is 5.97 Å². The lowest BCUT2D eigenvalue weighted by molar-refractivity contribution is 0.0696. The molecule has 0 unspecified atom stereocenters. The van der Waals surface area contributed by atoms with Crippen molar-refractivity contribution in [1.82, 2.24) is 4.57 Å². The molecule has 0 saturated carbocycles. The van der Waals surface area contributed by atoms with Crippen LogP contribution in [-0.2, 0) is 6.54 Å². The number of hydrogen-bond donors (Lipinski definition) is 1. The highest BCUT2D eigenvalue weighted by molar-refractivity contribution is 5.87. The summed E-state index contributed by atoms with van der Waals surface area (Å²) >= 11 is 0. The van der Waals surface area contributed by atoms with Crippen molar-refractivity contribution in [3.8, 4) is 0 Å². The maximum atomic E-state index is 11.7. The van der Waals surface area contributed by atoms with Crippen LogP contribution in [0.25, 0.3) is 0 Å². The van der Waals surface area contributed by atoms with Crippen LogP contribution in [-0.4, -0.2) is 15.6 Å². The minimum absolute atomic E-state index is 0.0140. The summed E-state index contributed by atoms with van der Waals surface area (Å²) < 4.78 is 1.48. The number of aromatic nitrogens is 1. The summed E-state index contributed by atoms with van der Waals surface area (Å²) in [5.74, 6) is -1.09. The van der Waals surface area contributed by atoms with E-state index in [4.69, 9.17) is 5.11 Å². The van der Waals surface area contributed by atoms with Crippen molar-refractivity contribution < 1.29 is 9.90 Å². The second kappa shape index (κ2) is 4.87. The van der Waals surface area contributed by atoms with Gasteiger partial charge in [-0.1, -0.05) is 29.8 Å². The van der Waals surface area contributed by atoms with Crippen LogP contribution in [0, 0.1) is 6.92 Å². The molecule has 4 heteroatoms. The summed E-state index contributed by atoms with van der Waals surface area (Å²) in [5.41, 5.74) is 1.87. The first-order valence-electron chi connectivity index (χ1n) is 5.55. The van der Waals surface area contributed by atoms with E-state index in [0.29, 0.717) is 6.54 Å². The Hall–Kier alpha value is -2.36. The molecule has 4 nitrogen and oxygen atoms in total. The number of rotatable bonds is 3. The van der Waals surface area contributed by atoms with Crippen molar-refractivity contribution in [1.29, 1.82) is 0 Å². The van der Waals surface area contributed by atoms with Crippen molar-refractivity contribution in [2.75, 3.05) is 0 Å². The molecule has 0 saturated heterocycles. The lowest BCUT2D eigenvalue weighted by Crippen LogP contribution is -2.20. The highest BCUT2D eigenvalue weighted by atomic mass is 16.4. The van der Waals surface area contributed by atoms with E-state index in [0.717, 1.165) is 17.2 Å². The fourth-order valence-electron chi connectivity index (χ4n) is 1.66. The molecule has 1 heterocycles. The van der Waals surface area contributed by atoms with Crippen molar-refractivity contribution in [3.63, 3.8) is 0 Å². The Morgan fingerprint density at radius 2 is 1.89 bits per heavy atom. The lowest BCUT2D eigenvalue weighted by atomic mass is 10.1. The van der Waals surface area contributed by atoms with E-state index in [1.165, 1.54) is 16.8 Å². The zero-order valence-corrected chi connectivity index (χ0v) is 9.96. The molecule has 0 aliphatic heterocycles. The largest absolute Gasteiger partial charge is 0.478 e. The number of carboxylic acid groups (broad SMARTS) is 1. The Labute approximate surface area is 104 Å². The van der Waals surface area contributed by atoms with Gasteiger partial charge in [0.1, 0.15) is 0 Å². The molecule has 0 spiro atoms. The third-order valence-electron chi connectivity index (χ3n) is 2.72. The Balaban J connectivity index is 2.27. The van der Waals surface area contributed by atoms with Gasteiger partial charge in [-0.15, -0.1) is 0 Å². The number of aryl methyl sites for hydroxylation is 1. The van der Waals surface area contributed by atoms with Gasteiger partial charge in [0.05, 0.1) is 12.1 Å². The SMILES string of the molecule is Cc1ccc(Cn2ccc(C(=O)O)cc2=O)cc1. The summed E-state index contributed by atoms with van der Waals surface area (Å²) in [6, 6.07) is 10.4. The van der Waals surface area contributed by atoms with Crippen LogP contribution in [0.15, 0.2) is 47.4 Å². The van der Waals surface area contributed by atoms with Gasteiger partial charge in [-0.2, -0.15) is 0 Å². The average molecular weight is 243 g/mol. The minimum atomic E-state index is -1.09. The van der Waals surface area contributed by atoms with Gasteiger partial charge in [-0.3, -0.25) is 4.79 Å². The fraction of sp³-hybridized carbons (Fsp3) is 0.143. The van der Waals surface area contributed by atoms with Crippen LogP contribution in [0.1, 0.15) is 21.5 Å². The van der Waals surface area contributed by atoms with Gasteiger partial charge in [0.2, 0.25) is 0 Å². The first-order chi connectivity index (χ1) is 8.56. The van der Waals surface area contributed by atoms with Crippen LogP contribution in [0.3, 0.4) is 0 Å². The molecule has 2 rings (SSSR count). The molecule has 2 aromatic rings. The smallest absolute Gasteiger partial charge is 0.335 e. The quantitative estimate of drug-likeness (QED) is 0.895. The Morgan fingerprint density at radius 3 is 2.44 bits per heavy atom. The van der Waals surface area contributed by atoms with Crippen LogP contribution in [0.4, 0.5) is 0 Å². The third-order valence-corrected chi connectivity index (χ3v) is 2.72. The summed E-state index contributed by atoms with van der Waals surface area (Å²) in [5, 5.41) is 8.77. The zero-order chi connectivity index (χ0) is 13.1. The zero-order valence-electron chi connectivity index (χ0n) is 9.96. The van der Waals surface area contributed by atoms with Crippen molar-refractivity contribution in [3.05, 3.63) is 69.6 Å². The molecule has 0 fully saturated rings. The van der Waals surface area contributed by atoms with E-state index in [9.17, 15) is 9.59 Å². The predicted octanol–water partition coefficient (Wildman–Crippen LogP) is 1.90. The van der Waals surface area contributed by atoms with Crippen molar-refractivity contribution in [2.24, 2.45) is 0 Å². The molecular formula is C14H13NO3. The summed E-state index contributed by atoms with van der Waals surface area (Å²) in [7, 11) is 0. The molecule has 0 aliphatic rings. The molecule has 92 valence electrons. The molecule has 1 aromatic carbocycles. The van der Waals surface area contributed by atoms with Crippen LogP contribution >= 0.6 is 0 Å². The summed E-state index contributed by atoms with van der Waals surface area (Å²) in [6.45, 7) is 2.44. The molecule has 1 N–H and O–H groups in total. The van der Waals surface area contributed by atoms with E-state index >= 15 is 0 Å². The number of hydrogen-bond acceptors (Lipinski definition) is 2. The third kappa shape index (κ3) is 2.66. The normalized spacial score (nSPS) is 10.3. The number of carbonyl (C=O) groups is 1. The van der Waals surface area contributed by atoms with Crippen LogP contribution in [0.2, 0.25) is 0 Å². The monoisotopic (exact) mass is 243 g/mol. The summed E-state index contributed by atoms with van der Waals surface area (Å²) in [4.78, 5) is 22.4. The predicted molar refractivity (Wildman–Crippen MR) is 67.9 cm³/mol. The highest BCUT2D eigenvalue weighted by Crippen LogP contribution is 2.04. The molecular weight excluding hydrogens is 230 g/mol. The molecule has 0 aliphatic carbocycles. The molecule has 0 bridgehead atoms. The summed E-state index contributed by atoms with van der Waals surface area (Å²) in [6.07, 6.45) is 1.51. The van der Waals surface area contributed by atoms with Crippen molar-refractivity contribution in [2.45, 2.75) is 13.5 Å². The molecule has 0 atom stereocenters. The Bertz CT molecular complexity index is 626. The number of pyridine rings is 1. The van der Waals surface area contributed by atoms with Crippen molar-refractivity contribution >= 4 is 5.97 Å². The Kier molecular flexibility index (Phi) is 3.28. The number of benzene rings is 1. The van der Waals surface area contributed by atoms with E-state index in [-0.39, 0.29) is 11.1 Å². The highest BCUT2D eigenvalue weighted by Gasteiger charge is 2.05. The fourth-order valence-corrected chi connectivity index (χ4v) is 1.66. The molecule has 18 heavy (non-hydrogen) atoms. The number of aromatic carboxylic acids is 1. The number of carboxylic acids is 1. The van der Waals surface area contributed by atoms with E-state index in [1.807, 2.05) is 31.2 Å². The van der Waals surface area contributed by atoms with Gasteiger partial charge in [0, 0.05) is 12.3 Å². The second-order valence-corrected chi connectivity index (χ2v) is 4.17. The van der Waals surface area contributed by atoms with Gasteiger partial charge in [-0.25, -0.2) is 4.79 Å². The molecule has 1 aromatic heterocycles. The second-order valence-electron chi connectivity index (χ2n) is 4.17. The van der Waals surface area contributed by atoms with Gasteiger partial charge < -0.3 is 9.67 Å². The van der Waals surface area contributed by atoms with Gasteiger partial charge in [0.25, 0.3) is 5.56 Å². The minimum Gasteiger partial charge on any atom is -0.478 e. The van der Waals surface area contributed by atoms with Crippen LogP contribution < -0.4 is 5.56 Å². The first kappa shape index (κ1) is 12.1. The lowest BCUT2D eigenvalue weighted by Gasteiger charge is -2.06. The molecule has 0 radical (unpaired) electrons. The standard InChI is InChI=1S/C14H13NO3/c1-10-2-4-11(5-3-10)9-15-7-6-12(14(17)18)8-13(15)16/h2-8H,9H2,1H3,(H,17,18). The Morgan fingerprint density at radius 1 is 1.22 bits per heavy atom. The van der Waals surface area contributed by atoms with E-state index in [2.05, 4.69) is 0 Å². The average Bonchev–Trinajstić information content (AvgIpc) is 2.34. The topological polar surface area (TPSA) is 59.3 Å². The van der Waals surface area contributed by atoms with Gasteiger partial charge in [0.15, 0.2) is 0 Å². The van der Waals surface area contributed by atoms with Gasteiger partial charge >= 0.3 is 5.97 Å². The number of nitrogens with zero attached hydrogens (tertiary/aromatic N) is 1. The van der Waals surface area contributed by atoms with Crippen LogP contribution in [0.5, 0.6) is 0 Å². The first-order valence-corrected chi connectivity index (χ1v) is 5.55. The maximum absolute atomic E-state index is 11.7. The van der Waals surface area contributed by atoms with Gasteiger partial charge in [-0.05, 0) is 18.6 Å². The van der Waals surface area contributed by atoms with E-state index in [1.54, 1.807) is 0 Å².